The second kappa shape index (κ2) is 12.6. The lowest BCUT2D eigenvalue weighted by atomic mass is 9.83. The summed E-state index contributed by atoms with van der Waals surface area (Å²) in [6.07, 6.45) is 7.77. The zero-order valence-electron chi connectivity index (χ0n) is 30.3. The van der Waals surface area contributed by atoms with Gasteiger partial charge >= 0.3 is 17.9 Å². The van der Waals surface area contributed by atoms with Gasteiger partial charge in [0, 0.05) is 36.5 Å². The Balaban J connectivity index is 1.71. The van der Waals surface area contributed by atoms with E-state index in [2.05, 4.69) is 22.6 Å². The van der Waals surface area contributed by atoms with E-state index in [1.165, 1.54) is 41.5 Å². The number of rotatable bonds is 6. The number of benzene rings is 2. The van der Waals surface area contributed by atoms with E-state index < -0.39 is 77.2 Å². The van der Waals surface area contributed by atoms with Crippen molar-refractivity contribution in [1.29, 1.82) is 0 Å². The second-order valence-corrected chi connectivity index (χ2v) is 20.4. The molecule has 0 atom stereocenters. The molecule has 2 aromatic rings. The summed E-state index contributed by atoms with van der Waals surface area (Å²) >= 11 is 0. The highest BCUT2D eigenvalue weighted by molar-refractivity contribution is 6.98. The summed E-state index contributed by atoms with van der Waals surface area (Å²) in [5, 5.41) is 12.2. The average molecular weight is 722 g/mol. The van der Waals surface area contributed by atoms with Crippen molar-refractivity contribution in [3.8, 4) is 0 Å². The molecule has 51 heavy (non-hydrogen) atoms. The van der Waals surface area contributed by atoms with Crippen LogP contribution in [-0.2, 0) is 19.1 Å². The number of anilines is 1. The van der Waals surface area contributed by atoms with Crippen LogP contribution in [0.5, 0.6) is 0 Å². The Hall–Kier alpha value is -4.45. The van der Waals surface area contributed by atoms with Gasteiger partial charge in [0.05, 0.1) is 12.0 Å². The molecule has 3 aliphatic heterocycles. The maximum Gasteiger partial charge on any atom is 0.339 e. The summed E-state index contributed by atoms with van der Waals surface area (Å²) in [6.45, 7) is 16.8. The molecule has 0 amide bonds. The van der Waals surface area contributed by atoms with Gasteiger partial charge in [-0.15, -0.1) is 0 Å². The Morgan fingerprint density at radius 1 is 0.882 bits per heavy atom. The van der Waals surface area contributed by atoms with Gasteiger partial charge in [-0.2, -0.15) is 0 Å². The van der Waals surface area contributed by atoms with Gasteiger partial charge in [-0.3, -0.25) is 9.59 Å². The molecule has 1 N–H and O–H groups in total. The third kappa shape index (κ3) is 6.47. The van der Waals surface area contributed by atoms with Crippen molar-refractivity contribution in [3.05, 3.63) is 86.9 Å². The van der Waals surface area contributed by atoms with E-state index in [1.807, 2.05) is 24.3 Å². The number of halogens is 3. The number of carbonyl (C=O) groups is 3. The Morgan fingerprint density at radius 3 is 1.98 bits per heavy atom. The monoisotopic (exact) mass is 721 g/mol. The fraction of sp³-hybridized carbons (Fsp3) is 0.436. The lowest BCUT2D eigenvalue weighted by Gasteiger charge is -2.40. The quantitative estimate of drug-likeness (QED) is 0.121. The first-order chi connectivity index (χ1) is 23.7. The number of nitrogens with zero attached hydrogens (tertiary/aromatic N) is 2. The van der Waals surface area contributed by atoms with E-state index in [-0.39, 0.29) is 5.57 Å². The molecule has 0 bridgehead atoms. The fourth-order valence-electron chi connectivity index (χ4n) is 7.06. The largest absolute Gasteiger partial charge is 0.478 e. The van der Waals surface area contributed by atoms with E-state index in [0.29, 0.717) is 11.1 Å². The highest BCUT2D eigenvalue weighted by Gasteiger charge is 2.47. The molecule has 3 heterocycles. The molecule has 0 saturated carbocycles. The van der Waals surface area contributed by atoms with Crippen LogP contribution in [0.3, 0.4) is 0 Å². The minimum atomic E-state index is -2.61. The lowest BCUT2D eigenvalue weighted by Crippen LogP contribution is -2.50. The number of fused-ring (bicyclic) bond motifs is 2. The van der Waals surface area contributed by atoms with Gasteiger partial charge in [0.1, 0.15) is 43.7 Å². The zero-order valence-corrected chi connectivity index (χ0v) is 31.3. The first kappa shape index (κ1) is 36.3. The molecule has 0 unspecified atom stereocenters. The van der Waals surface area contributed by atoms with Gasteiger partial charge in [0.2, 0.25) is 0 Å². The number of carboxylic acid groups (broad SMARTS) is 1. The van der Waals surface area contributed by atoms with Crippen LogP contribution in [0.25, 0.3) is 5.57 Å². The molecular formula is C39H44F3N2O6Si+. The van der Waals surface area contributed by atoms with Crippen molar-refractivity contribution in [2.45, 2.75) is 84.6 Å². The molecular weight excluding hydrogens is 678 g/mol. The molecule has 8 nitrogen and oxygen atoms in total. The fourth-order valence-corrected chi connectivity index (χ4v) is 10.1. The van der Waals surface area contributed by atoms with Crippen LogP contribution in [0, 0.1) is 17.5 Å². The number of allylic oxidation sites excluding steroid dienone is 5. The molecule has 2 saturated heterocycles. The highest BCUT2D eigenvalue weighted by Crippen LogP contribution is 2.46. The number of esters is 2. The smallest absolute Gasteiger partial charge is 0.339 e. The van der Waals surface area contributed by atoms with Gasteiger partial charge in [-0.25, -0.2) is 22.5 Å². The topological polar surface area (TPSA) is 96.2 Å². The van der Waals surface area contributed by atoms with E-state index in [9.17, 15) is 19.5 Å². The van der Waals surface area contributed by atoms with E-state index >= 15 is 13.2 Å². The van der Waals surface area contributed by atoms with Crippen molar-refractivity contribution in [1.82, 2.24) is 0 Å². The number of aromatic carboxylic acids is 1. The van der Waals surface area contributed by atoms with Crippen LogP contribution in [0.15, 0.2) is 47.2 Å². The zero-order chi connectivity index (χ0) is 37.4. The van der Waals surface area contributed by atoms with E-state index in [4.69, 9.17) is 9.47 Å². The van der Waals surface area contributed by atoms with Gasteiger partial charge in [0.15, 0.2) is 23.3 Å². The molecule has 2 fully saturated rings. The van der Waals surface area contributed by atoms with E-state index in [0.717, 1.165) is 60.8 Å². The Morgan fingerprint density at radius 2 is 1.49 bits per heavy atom. The van der Waals surface area contributed by atoms with Crippen molar-refractivity contribution in [2.75, 3.05) is 31.1 Å². The van der Waals surface area contributed by atoms with E-state index in [1.54, 1.807) is 12.1 Å². The summed E-state index contributed by atoms with van der Waals surface area (Å²) in [5.74, 6) is -12.5. The molecule has 12 heteroatoms. The number of carboxylic acids is 1. The van der Waals surface area contributed by atoms with Crippen LogP contribution >= 0.6 is 0 Å². The summed E-state index contributed by atoms with van der Waals surface area (Å²) < 4.78 is 63.3. The lowest BCUT2D eigenvalue weighted by molar-refractivity contribution is -0.582. The number of carbonyl (C=O) groups excluding carboxylic acids is 2. The number of hydrogen-bond donors (Lipinski definition) is 1. The minimum Gasteiger partial charge on any atom is -0.478 e. The van der Waals surface area contributed by atoms with Crippen molar-refractivity contribution in [3.63, 3.8) is 0 Å². The van der Waals surface area contributed by atoms with Crippen LogP contribution < -0.4 is 10.1 Å². The third-order valence-electron chi connectivity index (χ3n) is 9.73. The van der Waals surface area contributed by atoms with Crippen molar-refractivity contribution in [2.24, 2.45) is 0 Å². The van der Waals surface area contributed by atoms with Gasteiger partial charge in [-0.1, -0.05) is 19.2 Å². The predicted molar refractivity (Wildman–Crippen MR) is 191 cm³/mol. The number of hydrogen-bond acceptors (Lipinski definition) is 6. The first-order valence-electron chi connectivity index (χ1n) is 17.3. The van der Waals surface area contributed by atoms with Gasteiger partial charge in [-0.05, 0) is 93.3 Å². The summed E-state index contributed by atoms with van der Waals surface area (Å²) in [5.41, 5.74) is -2.77. The highest BCUT2D eigenvalue weighted by atomic mass is 28.3. The van der Waals surface area contributed by atoms with Crippen LogP contribution in [0.4, 0.5) is 18.9 Å². The molecule has 2 aromatic carbocycles. The molecule has 4 aliphatic rings. The van der Waals surface area contributed by atoms with Gasteiger partial charge < -0.3 is 19.5 Å². The Kier molecular flexibility index (Phi) is 9.01. The minimum absolute atomic E-state index is 0.0410. The summed E-state index contributed by atoms with van der Waals surface area (Å²) in [4.78, 5) is 42.4. The molecule has 0 radical (unpaired) electrons. The molecule has 6 rings (SSSR count). The van der Waals surface area contributed by atoms with Crippen LogP contribution in [0.2, 0.25) is 13.1 Å². The maximum absolute atomic E-state index is 17.6. The van der Waals surface area contributed by atoms with Crippen molar-refractivity contribution >= 4 is 48.1 Å². The Labute approximate surface area is 296 Å². The van der Waals surface area contributed by atoms with Crippen LogP contribution in [0.1, 0.15) is 87.4 Å². The molecule has 0 aromatic heterocycles. The standard InChI is InChI=1S/C39H43F3N2O6Si/c1-38(2,3)49-36(47)31(37(48)50-39(4,5)6)29-32(40)28(30(35(45)46)34(42)33(29)41)27-23-13-11-21(43-15-9-16-43)19-25(23)51(7,8)26-20-22(12-14-24(26)27)44-17-10-18-44/h11-14,19-20,31H,9-10,15-18H2,1-8H3/p+1. The number of ether oxygens (including phenoxy) is 2. The van der Waals surface area contributed by atoms with Gasteiger partial charge in [0.25, 0.3) is 0 Å². The molecule has 270 valence electrons. The first-order valence-corrected chi connectivity index (χ1v) is 20.3. The SMILES string of the molecule is CC(C)(C)OC(=O)C(C(=O)OC(C)(C)C)c1c(F)c(F)c(C(=O)O)c(C2=C3C=CC(=[N+]4CCC4)C=C3[Si](C)(C)c3cc(N4CCC4)ccc32)c1F. The molecule has 1 aliphatic carbocycles. The summed E-state index contributed by atoms with van der Waals surface area (Å²) in [6, 6.07) is 5.69. The Bertz CT molecular complexity index is 1980. The normalized spacial score (nSPS) is 18.1. The summed E-state index contributed by atoms with van der Waals surface area (Å²) in [7, 11) is -2.61. The second-order valence-electron chi connectivity index (χ2n) is 16.1. The van der Waals surface area contributed by atoms with Crippen LogP contribution in [-0.4, -0.2) is 78.8 Å². The maximum atomic E-state index is 17.6. The third-order valence-corrected chi connectivity index (χ3v) is 13.2. The predicted octanol–water partition coefficient (Wildman–Crippen LogP) is 6.40. The van der Waals surface area contributed by atoms with Crippen molar-refractivity contribution < 1.29 is 46.7 Å². The molecule has 0 spiro atoms. The average Bonchev–Trinajstić information content (AvgIpc) is 2.94.